The predicted molar refractivity (Wildman–Crippen MR) is 131 cm³/mol. The van der Waals surface area contributed by atoms with Crippen LogP contribution in [0.1, 0.15) is 18.5 Å². The number of rotatable bonds is 10. The van der Waals surface area contributed by atoms with E-state index in [1.165, 1.54) is 24.5 Å². The molecule has 2 N–H and O–H groups in total. The van der Waals surface area contributed by atoms with E-state index in [1.54, 1.807) is 54.6 Å². The third-order valence-electron chi connectivity index (χ3n) is 5.14. The molecule has 9 nitrogen and oxygen atoms in total. The monoisotopic (exact) mass is 489 g/mol. The highest BCUT2D eigenvalue weighted by molar-refractivity contribution is 5.85. The van der Waals surface area contributed by atoms with Gasteiger partial charge in [0, 0.05) is 6.07 Å². The Morgan fingerprint density at radius 1 is 0.944 bits per heavy atom. The minimum Gasteiger partial charge on any atom is -0.490 e. The van der Waals surface area contributed by atoms with Gasteiger partial charge >= 0.3 is 5.97 Å². The largest absolute Gasteiger partial charge is 0.490 e. The van der Waals surface area contributed by atoms with Crippen molar-refractivity contribution < 1.29 is 33.3 Å². The van der Waals surface area contributed by atoms with Crippen molar-refractivity contribution in [3.05, 3.63) is 94.8 Å². The summed E-state index contributed by atoms with van der Waals surface area (Å²) in [6, 6.07) is 18.6. The lowest BCUT2D eigenvalue weighted by molar-refractivity contribution is -0.142. The van der Waals surface area contributed by atoms with Gasteiger partial charge in [-0.15, -0.1) is 0 Å². The zero-order valence-corrected chi connectivity index (χ0v) is 19.3. The van der Waals surface area contributed by atoms with Crippen LogP contribution in [0.15, 0.2) is 88.3 Å². The van der Waals surface area contributed by atoms with Crippen LogP contribution in [0.3, 0.4) is 0 Å². The van der Waals surface area contributed by atoms with Gasteiger partial charge in [0.25, 0.3) is 5.91 Å². The molecule has 0 unspecified atom stereocenters. The van der Waals surface area contributed by atoms with Crippen LogP contribution in [0.5, 0.6) is 23.0 Å². The Balaban J connectivity index is 1.45. The summed E-state index contributed by atoms with van der Waals surface area (Å²) < 4.78 is 22.3. The number of amides is 1. The zero-order chi connectivity index (χ0) is 25.5. The summed E-state index contributed by atoms with van der Waals surface area (Å²) >= 11 is 0. The van der Waals surface area contributed by atoms with E-state index in [1.807, 2.05) is 6.92 Å². The first-order valence-corrected chi connectivity index (χ1v) is 11.1. The molecule has 36 heavy (non-hydrogen) atoms. The number of carboxylic acid groups (broad SMARTS) is 1. The highest BCUT2D eigenvalue weighted by atomic mass is 16.5. The zero-order valence-electron chi connectivity index (χ0n) is 19.3. The van der Waals surface area contributed by atoms with E-state index in [-0.39, 0.29) is 27.9 Å². The van der Waals surface area contributed by atoms with Gasteiger partial charge in [-0.25, -0.2) is 4.79 Å². The molecule has 0 fully saturated rings. The number of ether oxygens (including phenoxy) is 3. The van der Waals surface area contributed by atoms with Crippen LogP contribution in [0.4, 0.5) is 0 Å². The van der Waals surface area contributed by atoms with Crippen LogP contribution >= 0.6 is 0 Å². The Bertz CT molecular complexity index is 1430. The van der Waals surface area contributed by atoms with Crippen molar-refractivity contribution >= 4 is 22.8 Å². The molecule has 0 spiro atoms. The van der Waals surface area contributed by atoms with Crippen LogP contribution in [0, 0.1) is 0 Å². The van der Waals surface area contributed by atoms with Crippen molar-refractivity contribution in [3.63, 3.8) is 0 Å². The summed E-state index contributed by atoms with van der Waals surface area (Å²) in [4.78, 5) is 36.8. The van der Waals surface area contributed by atoms with Gasteiger partial charge in [0.2, 0.25) is 11.2 Å². The SMILES string of the molecule is CCOc1ccccc1Oc1coc2cc(OCC(=O)N[C@@H](C(=O)O)c3ccccc3)ccc2c1=O. The van der Waals surface area contributed by atoms with Crippen molar-refractivity contribution in [2.75, 3.05) is 13.2 Å². The highest BCUT2D eigenvalue weighted by Crippen LogP contribution is 2.31. The number of hydrogen-bond donors (Lipinski definition) is 2. The van der Waals surface area contributed by atoms with Crippen molar-refractivity contribution in [2.45, 2.75) is 13.0 Å². The van der Waals surface area contributed by atoms with Crippen molar-refractivity contribution in [1.82, 2.24) is 5.32 Å². The lowest BCUT2D eigenvalue weighted by Crippen LogP contribution is -2.36. The van der Waals surface area contributed by atoms with Gasteiger partial charge < -0.3 is 29.1 Å². The maximum absolute atomic E-state index is 12.9. The van der Waals surface area contributed by atoms with E-state index in [4.69, 9.17) is 18.6 Å². The first kappa shape index (κ1) is 24.3. The number of benzene rings is 3. The maximum atomic E-state index is 12.9. The molecule has 0 aliphatic carbocycles. The number of fused-ring (bicyclic) bond motifs is 1. The fraction of sp³-hybridized carbons (Fsp3) is 0.148. The van der Waals surface area contributed by atoms with Crippen LogP contribution in [0.2, 0.25) is 0 Å². The number of carbonyl (C=O) groups excluding carboxylic acids is 1. The molecule has 1 aromatic heterocycles. The lowest BCUT2D eigenvalue weighted by atomic mass is 10.1. The van der Waals surface area contributed by atoms with Gasteiger partial charge in [-0.1, -0.05) is 42.5 Å². The quantitative estimate of drug-likeness (QED) is 0.338. The third-order valence-corrected chi connectivity index (χ3v) is 5.14. The smallest absolute Gasteiger partial charge is 0.330 e. The van der Waals surface area contributed by atoms with E-state index >= 15 is 0 Å². The summed E-state index contributed by atoms with van der Waals surface area (Å²) in [5.74, 6) is -0.675. The second-order valence-electron chi connectivity index (χ2n) is 7.61. The topological polar surface area (TPSA) is 124 Å². The molecule has 1 heterocycles. The van der Waals surface area contributed by atoms with Crippen LogP contribution in [-0.2, 0) is 9.59 Å². The summed E-state index contributed by atoms with van der Waals surface area (Å²) in [5.41, 5.74) is 0.280. The number of carbonyl (C=O) groups is 2. The molecule has 1 atom stereocenters. The molecule has 3 aromatic carbocycles. The van der Waals surface area contributed by atoms with E-state index in [0.29, 0.717) is 23.7 Å². The van der Waals surface area contributed by atoms with E-state index in [0.717, 1.165) is 0 Å². The predicted octanol–water partition coefficient (Wildman–Crippen LogP) is 4.30. The summed E-state index contributed by atoms with van der Waals surface area (Å²) in [5, 5.41) is 12.1. The molecule has 0 radical (unpaired) electrons. The molecule has 1 amide bonds. The fourth-order valence-corrected chi connectivity index (χ4v) is 3.46. The van der Waals surface area contributed by atoms with Crippen LogP contribution in [-0.4, -0.2) is 30.2 Å². The van der Waals surface area contributed by atoms with Crippen molar-refractivity contribution in [2.24, 2.45) is 0 Å². The van der Waals surface area contributed by atoms with Crippen molar-refractivity contribution in [3.8, 4) is 23.0 Å². The average Bonchev–Trinajstić information content (AvgIpc) is 2.89. The summed E-state index contributed by atoms with van der Waals surface area (Å²) in [6.45, 7) is 1.86. The number of para-hydroxylation sites is 2. The standard InChI is InChI=1S/C27H23NO8/c1-2-33-20-10-6-7-11-21(20)36-23-15-35-22-14-18(12-13-19(22)26(23)30)34-16-24(29)28-25(27(31)32)17-8-4-3-5-9-17/h3-15,25H,2,16H2,1H3,(H,28,29)(H,31,32)/t25-/m1/s1. The normalized spacial score (nSPS) is 11.5. The molecule has 0 aliphatic rings. The Morgan fingerprint density at radius 3 is 2.39 bits per heavy atom. The Kier molecular flexibility index (Phi) is 7.50. The van der Waals surface area contributed by atoms with E-state index < -0.39 is 24.5 Å². The molecule has 184 valence electrons. The van der Waals surface area contributed by atoms with Crippen LogP contribution in [0.25, 0.3) is 11.0 Å². The second kappa shape index (κ2) is 11.1. The average molecular weight is 489 g/mol. The first-order valence-electron chi connectivity index (χ1n) is 11.1. The first-order chi connectivity index (χ1) is 17.5. The number of carboxylic acids is 1. The number of hydrogen-bond acceptors (Lipinski definition) is 7. The van der Waals surface area contributed by atoms with E-state index in [2.05, 4.69) is 5.32 Å². The molecule has 0 bridgehead atoms. The molecule has 4 aromatic rings. The maximum Gasteiger partial charge on any atom is 0.330 e. The molecule has 0 saturated carbocycles. The lowest BCUT2D eigenvalue weighted by Gasteiger charge is -2.15. The number of aliphatic carboxylic acids is 1. The Hall–Kier alpha value is -4.79. The summed E-state index contributed by atoms with van der Waals surface area (Å²) in [6.07, 6.45) is 1.20. The highest BCUT2D eigenvalue weighted by Gasteiger charge is 2.22. The minimum atomic E-state index is -1.21. The summed E-state index contributed by atoms with van der Waals surface area (Å²) in [7, 11) is 0. The molecular weight excluding hydrogens is 466 g/mol. The van der Waals surface area contributed by atoms with Gasteiger partial charge in [-0.05, 0) is 36.8 Å². The van der Waals surface area contributed by atoms with Gasteiger partial charge in [-0.3, -0.25) is 9.59 Å². The van der Waals surface area contributed by atoms with E-state index in [9.17, 15) is 19.5 Å². The second-order valence-corrected chi connectivity index (χ2v) is 7.61. The minimum absolute atomic E-state index is 0.0108. The van der Waals surface area contributed by atoms with Crippen molar-refractivity contribution in [1.29, 1.82) is 0 Å². The van der Waals surface area contributed by atoms with Gasteiger partial charge in [0.1, 0.15) is 17.6 Å². The van der Waals surface area contributed by atoms with Crippen LogP contribution < -0.4 is 25.0 Å². The third kappa shape index (κ3) is 5.64. The molecule has 0 aliphatic heterocycles. The molecule has 9 heteroatoms. The Morgan fingerprint density at radius 2 is 1.67 bits per heavy atom. The van der Waals surface area contributed by atoms with Gasteiger partial charge in [0.15, 0.2) is 24.1 Å². The fourth-order valence-electron chi connectivity index (χ4n) is 3.46. The molecule has 0 saturated heterocycles. The Labute approximate surface area is 205 Å². The molecule has 4 rings (SSSR count). The number of nitrogens with one attached hydrogen (secondary N) is 1. The van der Waals surface area contributed by atoms with Gasteiger partial charge in [0.05, 0.1) is 12.0 Å². The van der Waals surface area contributed by atoms with Gasteiger partial charge in [-0.2, -0.15) is 0 Å². The molecular formula is C27H23NO8.